The smallest absolute Gasteiger partial charge is 0.0624 e. The Morgan fingerprint density at radius 1 is 1.18 bits per heavy atom. The van der Waals surface area contributed by atoms with Crippen molar-refractivity contribution in [3.05, 3.63) is 33.8 Å². The van der Waals surface area contributed by atoms with Crippen LogP contribution in [0.1, 0.15) is 25.3 Å². The average molecular weight is 403 g/mol. The van der Waals surface area contributed by atoms with Crippen molar-refractivity contribution < 1.29 is 0 Å². The van der Waals surface area contributed by atoms with E-state index in [2.05, 4.69) is 44.8 Å². The fourth-order valence-corrected chi connectivity index (χ4v) is 4.24. The summed E-state index contributed by atoms with van der Waals surface area (Å²) in [6.07, 6.45) is 3.26. The molecule has 0 amide bonds. The van der Waals surface area contributed by atoms with Crippen LogP contribution in [0.3, 0.4) is 0 Å². The predicted molar refractivity (Wildman–Crippen MR) is 85.1 cm³/mol. The molecular weight excluding hydrogens is 387 g/mol. The van der Waals surface area contributed by atoms with Crippen molar-refractivity contribution in [3.63, 3.8) is 0 Å². The van der Waals surface area contributed by atoms with Gasteiger partial charge in [0.25, 0.3) is 0 Å². The molecular formula is C13H16Br2Cl2. The van der Waals surface area contributed by atoms with Crippen LogP contribution in [0.4, 0.5) is 0 Å². The van der Waals surface area contributed by atoms with Gasteiger partial charge in [0.05, 0.1) is 10.0 Å². The molecule has 0 unspecified atom stereocenters. The van der Waals surface area contributed by atoms with E-state index in [4.69, 9.17) is 23.2 Å². The Morgan fingerprint density at radius 2 is 1.82 bits per heavy atom. The molecule has 0 heterocycles. The van der Waals surface area contributed by atoms with E-state index in [1.54, 1.807) is 0 Å². The number of benzene rings is 1. The lowest BCUT2D eigenvalue weighted by Crippen LogP contribution is -2.27. The SMILES string of the molecule is CCCC(CBr)(CBr)Cc1cccc(Cl)c1Cl. The average Bonchev–Trinajstić information content (AvgIpc) is 2.34. The summed E-state index contributed by atoms with van der Waals surface area (Å²) in [5, 5.41) is 3.25. The van der Waals surface area contributed by atoms with Crippen LogP contribution in [-0.4, -0.2) is 10.7 Å². The van der Waals surface area contributed by atoms with Crippen LogP contribution in [0.5, 0.6) is 0 Å². The molecule has 0 saturated carbocycles. The van der Waals surface area contributed by atoms with E-state index >= 15 is 0 Å². The summed E-state index contributed by atoms with van der Waals surface area (Å²) < 4.78 is 0. The molecule has 1 aromatic rings. The van der Waals surface area contributed by atoms with Gasteiger partial charge in [0.1, 0.15) is 0 Å². The minimum Gasteiger partial charge on any atom is -0.0922 e. The van der Waals surface area contributed by atoms with Gasteiger partial charge in [-0.05, 0) is 29.9 Å². The molecule has 4 heteroatoms. The van der Waals surface area contributed by atoms with Crippen molar-refractivity contribution in [2.45, 2.75) is 26.2 Å². The lowest BCUT2D eigenvalue weighted by Gasteiger charge is -2.30. The Balaban J connectivity index is 2.97. The van der Waals surface area contributed by atoms with Gasteiger partial charge in [-0.25, -0.2) is 0 Å². The lowest BCUT2D eigenvalue weighted by atomic mass is 9.81. The highest BCUT2D eigenvalue weighted by molar-refractivity contribution is 9.09. The van der Waals surface area contributed by atoms with Crippen molar-refractivity contribution in [2.24, 2.45) is 5.41 Å². The van der Waals surface area contributed by atoms with Gasteiger partial charge >= 0.3 is 0 Å². The maximum absolute atomic E-state index is 6.25. The van der Waals surface area contributed by atoms with Gasteiger partial charge in [0, 0.05) is 10.7 Å². The van der Waals surface area contributed by atoms with E-state index in [1.807, 2.05) is 12.1 Å². The third-order valence-electron chi connectivity index (χ3n) is 2.94. The van der Waals surface area contributed by atoms with Crippen LogP contribution in [-0.2, 0) is 6.42 Å². The van der Waals surface area contributed by atoms with Gasteiger partial charge < -0.3 is 0 Å². The maximum atomic E-state index is 6.25. The zero-order valence-corrected chi connectivity index (χ0v) is 14.5. The molecule has 0 aliphatic rings. The van der Waals surface area contributed by atoms with Crippen molar-refractivity contribution >= 4 is 55.1 Å². The highest BCUT2D eigenvalue weighted by Crippen LogP contribution is 2.36. The number of halogens is 4. The monoisotopic (exact) mass is 400 g/mol. The molecule has 96 valence electrons. The minimum atomic E-state index is 0.211. The van der Waals surface area contributed by atoms with E-state index in [0.717, 1.165) is 35.5 Å². The summed E-state index contributed by atoms with van der Waals surface area (Å²) in [6.45, 7) is 2.21. The van der Waals surface area contributed by atoms with Gasteiger partial charge in [-0.1, -0.05) is 80.5 Å². The third-order valence-corrected chi connectivity index (χ3v) is 6.18. The molecule has 0 nitrogen and oxygen atoms in total. The summed E-state index contributed by atoms with van der Waals surface area (Å²) in [6, 6.07) is 5.85. The molecule has 0 aliphatic carbocycles. The first-order chi connectivity index (χ1) is 8.08. The van der Waals surface area contributed by atoms with Gasteiger partial charge in [-0.2, -0.15) is 0 Å². The van der Waals surface area contributed by atoms with E-state index in [1.165, 1.54) is 0 Å². The molecule has 0 saturated heterocycles. The molecule has 1 rings (SSSR count). The highest BCUT2D eigenvalue weighted by atomic mass is 79.9. The molecule has 0 bridgehead atoms. The second-order valence-electron chi connectivity index (χ2n) is 4.41. The zero-order valence-electron chi connectivity index (χ0n) is 9.78. The summed E-state index contributed by atoms with van der Waals surface area (Å²) in [7, 11) is 0. The summed E-state index contributed by atoms with van der Waals surface area (Å²) in [5.41, 5.74) is 1.34. The van der Waals surface area contributed by atoms with Crippen molar-refractivity contribution in [1.29, 1.82) is 0 Å². The Kier molecular flexibility index (Phi) is 6.86. The van der Waals surface area contributed by atoms with Crippen LogP contribution >= 0.6 is 55.1 Å². The van der Waals surface area contributed by atoms with Crippen LogP contribution < -0.4 is 0 Å². The molecule has 0 aliphatic heterocycles. The molecule has 0 fully saturated rings. The summed E-state index contributed by atoms with van der Waals surface area (Å²) in [4.78, 5) is 0. The molecule has 17 heavy (non-hydrogen) atoms. The molecule has 0 spiro atoms. The fraction of sp³-hybridized carbons (Fsp3) is 0.538. The third kappa shape index (κ3) is 4.12. The van der Waals surface area contributed by atoms with Crippen molar-refractivity contribution in [1.82, 2.24) is 0 Å². The van der Waals surface area contributed by atoms with Crippen LogP contribution in [0.2, 0.25) is 10.0 Å². The highest BCUT2D eigenvalue weighted by Gasteiger charge is 2.28. The largest absolute Gasteiger partial charge is 0.0922 e. The van der Waals surface area contributed by atoms with Crippen molar-refractivity contribution in [3.8, 4) is 0 Å². The molecule has 0 aromatic heterocycles. The fourth-order valence-electron chi connectivity index (χ4n) is 1.97. The molecule has 0 N–H and O–H groups in total. The number of hydrogen-bond donors (Lipinski definition) is 0. The van der Waals surface area contributed by atoms with E-state index in [9.17, 15) is 0 Å². The van der Waals surface area contributed by atoms with E-state index in [0.29, 0.717) is 10.0 Å². The number of hydrogen-bond acceptors (Lipinski definition) is 0. The molecule has 1 aromatic carbocycles. The summed E-state index contributed by atoms with van der Waals surface area (Å²) >= 11 is 19.6. The van der Waals surface area contributed by atoms with Crippen LogP contribution in [0, 0.1) is 5.41 Å². The summed E-state index contributed by atoms with van der Waals surface area (Å²) in [5.74, 6) is 0. The Morgan fingerprint density at radius 3 is 2.35 bits per heavy atom. The second kappa shape index (κ2) is 7.37. The van der Waals surface area contributed by atoms with Crippen LogP contribution in [0.15, 0.2) is 18.2 Å². The number of rotatable bonds is 6. The molecule has 0 radical (unpaired) electrons. The zero-order chi connectivity index (χ0) is 12.9. The van der Waals surface area contributed by atoms with Gasteiger partial charge in [0.15, 0.2) is 0 Å². The maximum Gasteiger partial charge on any atom is 0.0624 e. The topological polar surface area (TPSA) is 0 Å². The first-order valence-electron chi connectivity index (χ1n) is 5.63. The normalized spacial score (nSPS) is 11.8. The Bertz CT molecular complexity index is 362. The van der Waals surface area contributed by atoms with E-state index < -0.39 is 0 Å². The van der Waals surface area contributed by atoms with Gasteiger partial charge in [-0.15, -0.1) is 0 Å². The lowest BCUT2D eigenvalue weighted by molar-refractivity contribution is 0.352. The molecule has 0 atom stereocenters. The Hall–Kier alpha value is 0.760. The van der Waals surface area contributed by atoms with Gasteiger partial charge in [0.2, 0.25) is 0 Å². The van der Waals surface area contributed by atoms with Crippen molar-refractivity contribution in [2.75, 3.05) is 10.7 Å². The standard InChI is InChI=1S/C13H16Br2Cl2/c1-2-6-13(8-14,9-15)7-10-4-3-5-11(16)12(10)17/h3-5H,2,6-9H2,1H3. The minimum absolute atomic E-state index is 0.211. The first kappa shape index (κ1) is 15.8. The Labute approximate surface area is 130 Å². The van der Waals surface area contributed by atoms with E-state index in [-0.39, 0.29) is 5.41 Å². The van der Waals surface area contributed by atoms with Crippen LogP contribution in [0.25, 0.3) is 0 Å². The van der Waals surface area contributed by atoms with Gasteiger partial charge in [-0.3, -0.25) is 0 Å². The predicted octanol–water partition coefficient (Wildman–Crippen LogP) is 6.11. The quantitative estimate of drug-likeness (QED) is 0.503. The second-order valence-corrected chi connectivity index (χ2v) is 6.31. The number of alkyl halides is 2. The first-order valence-corrected chi connectivity index (χ1v) is 8.63.